The molecule has 5 rings (SSSR count). The van der Waals surface area contributed by atoms with Gasteiger partial charge in [-0.2, -0.15) is 5.01 Å². The zero-order valence-electron chi connectivity index (χ0n) is 16.8. The van der Waals surface area contributed by atoms with Crippen LogP contribution in [0, 0.1) is 0 Å². The third-order valence-electron chi connectivity index (χ3n) is 5.60. The molecule has 2 aromatic rings. The van der Waals surface area contributed by atoms with Gasteiger partial charge in [0.05, 0.1) is 6.54 Å². The Bertz CT molecular complexity index is 1100. The van der Waals surface area contributed by atoms with Crippen molar-refractivity contribution in [2.24, 2.45) is 15.7 Å². The summed E-state index contributed by atoms with van der Waals surface area (Å²) in [5, 5.41) is 7.35. The maximum absolute atomic E-state index is 6.41. The highest BCUT2D eigenvalue weighted by Crippen LogP contribution is 2.42. The Balaban J connectivity index is 1.39. The molecule has 0 saturated heterocycles. The summed E-state index contributed by atoms with van der Waals surface area (Å²) in [7, 11) is 0. The van der Waals surface area contributed by atoms with E-state index < -0.39 is 0 Å². The van der Waals surface area contributed by atoms with Gasteiger partial charge in [0.15, 0.2) is 0 Å². The molecule has 168 valence electrons. The minimum atomic E-state index is -0.321. The maximum atomic E-state index is 6.41. The number of hydrogen-bond donors (Lipinski definition) is 4. The van der Waals surface area contributed by atoms with Gasteiger partial charge in [0.2, 0.25) is 11.9 Å². The van der Waals surface area contributed by atoms with Crippen molar-refractivity contribution >= 4 is 75.6 Å². The fourth-order valence-electron chi connectivity index (χ4n) is 4.12. The number of benzene rings is 2. The van der Waals surface area contributed by atoms with E-state index in [0.29, 0.717) is 12.5 Å². The number of nitrogens with two attached hydrogens (primary N) is 1. The van der Waals surface area contributed by atoms with Gasteiger partial charge in [0, 0.05) is 49.6 Å². The van der Waals surface area contributed by atoms with Gasteiger partial charge in [0.25, 0.3) is 0 Å². The molecule has 3 heterocycles. The number of guanidine groups is 2. The largest absolute Gasteiger partial charge is 0.369 e. The predicted octanol–water partition coefficient (Wildman–Crippen LogP) is 3.85. The molecule has 0 fully saturated rings. The Labute approximate surface area is 219 Å². The molecule has 3 aliphatic heterocycles. The third-order valence-corrected chi connectivity index (χ3v) is 8.52. The molecule has 0 bridgehead atoms. The van der Waals surface area contributed by atoms with E-state index in [2.05, 4.69) is 102 Å². The molecule has 32 heavy (non-hydrogen) atoms. The number of fused-ring (bicyclic) bond motifs is 2. The van der Waals surface area contributed by atoms with Crippen molar-refractivity contribution in [1.29, 1.82) is 0 Å². The quantitative estimate of drug-likeness (QED) is 0.289. The number of hydrazine groups is 2. The normalized spacial score (nSPS) is 20.7. The van der Waals surface area contributed by atoms with Crippen LogP contribution in [0.3, 0.4) is 0 Å². The molecule has 12 heteroatoms. The topological polar surface area (TPSA) is 93.3 Å². The Morgan fingerprint density at radius 2 is 1.59 bits per heavy atom. The number of halogens is 4. The molecule has 0 aliphatic carbocycles. The van der Waals surface area contributed by atoms with Gasteiger partial charge in [-0.1, -0.05) is 63.7 Å². The summed E-state index contributed by atoms with van der Waals surface area (Å²) < 4.78 is 4.21. The van der Waals surface area contributed by atoms with Gasteiger partial charge in [-0.05, 0) is 41.0 Å². The second-order valence-electron chi connectivity index (χ2n) is 7.66. The average molecular weight is 692 g/mol. The highest BCUT2D eigenvalue weighted by Gasteiger charge is 2.35. The first kappa shape index (κ1) is 22.6. The standard InChI is InChI=1S/C20H20Br4N8/c21-13-1-2-14(22)11-8-31(7-10(11)13)29-19(25)28-18-17-12(15(23)3-4-16(17)24)9-32(18)30-20-26-5-6-27-20/h1-4,18H,5-9H2,(H3,25,28,29)(H2,26,27,30). The minimum Gasteiger partial charge on any atom is -0.369 e. The SMILES string of the molecule is NC(=NC1c2c(Br)ccc(Br)c2CN1NC1=NCCN1)NN1Cc2c(Br)ccc(Br)c2C1. The second-order valence-corrected chi connectivity index (χ2v) is 11.1. The number of rotatable bonds is 3. The van der Waals surface area contributed by atoms with E-state index in [-0.39, 0.29) is 6.17 Å². The lowest BCUT2D eigenvalue weighted by Gasteiger charge is -2.25. The van der Waals surface area contributed by atoms with Crippen molar-refractivity contribution in [3.05, 3.63) is 64.4 Å². The highest BCUT2D eigenvalue weighted by atomic mass is 79.9. The average Bonchev–Trinajstić information content (AvgIpc) is 3.49. The summed E-state index contributed by atoms with van der Waals surface area (Å²) in [5.74, 6) is 1.10. The van der Waals surface area contributed by atoms with Crippen LogP contribution in [-0.4, -0.2) is 35.0 Å². The van der Waals surface area contributed by atoms with Crippen molar-refractivity contribution in [3.63, 3.8) is 0 Å². The van der Waals surface area contributed by atoms with Crippen LogP contribution < -0.4 is 21.9 Å². The van der Waals surface area contributed by atoms with E-state index in [1.165, 1.54) is 11.1 Å². The zero-order chi connectivity index (χ0) is 22.4. The number of nitrogens with zero attached hydrogens (tertiary/aromatic N) is 4. The first-order chi connectivity index (χ1) is 15.4. The summed E-state index contributed by atoms with van der Waals surface area (Å²) in [5.41, 5.74) is 17.8. The molecule has 8 nitrogen and oxygen atoms in total. The Morgan fingerprint density at radius 3 is 2.22 bits per heavy atom. The van der Waals surface area contributed by atoms with Gasteiger partial charge in [-0.25, -0.2) is 10.0 Å². The van der Waals surface area contributed by atoms with Gasteiger partial charge >= 0.3 is 0 Å². The Hall–Kier alpha value is -1.18. The summed E-state index contributed by atoms with van der Waals surface area (Å²) in [6.45, 7) is 3.70. The lowest BCUT2D eigenvalue weighted by atomic mass is 10.1. The van der Waals surface area contributed by atoms with Crippen LogP contribution in [0.15, 0.2) is 52.1 Å². The molecular formula is C20H20Br4N8. The lowest BCUT2D eigenvalue weighted by molar-refractivity contribution is 0.178. The summed E-state index contributed by atoms with van der Waals surface area (Å²) in [6, 6.07) is 8.17. The van der Waals surface area contributed by atoms with Crippen LogP contribution >= 0.6 is 63.7 Å². The molecule has 0 radical (unpaired) electrons. The number of nitrogens with one attached hydrogen (secondary N) is 3. The van der Waals surface area contributed by atoms with Gasteiger partial charge < -0.3 is 11.1 Å². The van der Waals surface area contributed by atoms with Crippen molar-refractivity contribution in [2.45, 2.75) is 25.8 Å². The smallest absolute Gasteiger partial charge is 0.206 e. The maximum Gasteiger partial charge on any atom is 0.206 e. The summed E-state index contributed by atoms with van der Waals surface area (Å²) in [6.07, 6.45) is -0.321. The number of hydrogen-bond acceptors (Lipinski definition) is 6. The fraction of sp³-hybridized carbons (Fsp3) is 0.300. The van der Waals surface area contributed by atoms with Crippen LogP contribution in [0.4, 0.5) is 0 Å². The Kier molecular flexibility index (Phi) is 6.52. The fourth-order valence-corrected chi connectivity index (χ4v) is 6.16. The van der Waals surface area contributed by atoms with Crippen LogP contribution in [0.25, 0.3) is 0 Å². The van der Waals surface area contributed by atoms with Gasteiger partial charge in [0.1, 0.15) is 6.17 Å². The van der Waals surface area contributed by atoms with Crippen LogP contribution in [0.2, 0.25) is 0 Å². The highest BCUT2D eigenvalue weighted by molar-refractivity contribution is 9.11. The molecule has 0 saturated carbocycles. The second kappa shape index (κ2) is 9.22. The minimum absolute atomic E-state index is 0.321. The van der Waals surface area contributed by atoms with Crippen LogP contribution in [0.1, 0.15) is 28.4 Å². The third kappa shape index (κ3) is 4.32. The number of aliphatic imine (C=N–C) groups is 2. The van der Waals surface area contributed by atoms with Gasteiger partial charge in [-0.3, -0.25) is 15.8 Å². The molecule has 0 amide bonds. The molecule has 2 aromatic carbocycles. The van der Waals surface area contributed by atoms with E-state index in [1.807, 2.05) is 17.1 Å². The predicted molar refractivity (Wildman–Crippen MR) is 139 cm³/mol. The molecule has 1 atom stereocenters. The van der Waals surface area contributed by atoms with Gasteiger partial charge in [-0.15, -0.1) is 0 Å². The van der Waals surface area contributed by atoms with E-state index in [9.17, 15) is 0 Å². The van der Waals surface area contributed by atoms with E-state index in [0.717, 1.165) is 61.2 Å². The van der Waals surface area contributed by atoms with Crippen molar-refractivity contribution in [3.8, 4) is 0 Å². The summed E-state index contributed by atoms with van der Waals surface area (Å²) in [4.78, 5) is 9.32. The molecular weight excluding hydrogens is 672 g/mol. The lowest BCUT2D eigenvalue weighted by Crippen LogP contribution is -2.47. The van der Waals surface area contributed by atoms with Crippen LogP contribution in [0.5, 0.6) is 0 Å². The van der Waals surface area contributed by atoms with Crippen molar-refractivity contribution in [2.75, 3.05) is 13.1 Å². The Morgan fingerprint density at radius 1 is 0.969 bits per heavy atom. The summed E-state index contributed by atoms with van der Waals surface area (Å²) >= 11 is 14.7. The monoisotopic (exact) mass is 688 g/mol. The van der Waals surface area contributed by atoms with Crippen molar-refractivity contribution in [1.82, 2.24) is 26.2 Å². The molecule has 3 aliphatic rings. The van der Waals surface area contributed by atoms with Crippen molar-refractivity contribution < 1.29 is 0 Å². The first-order valence-corrected chi connectivity index (χ1v) is 13.2. The van der Waals surface area contributed by atoms with E-state index in [4.69, 9.17) is 10.7 Å². The molecule has 0 aromatic heterocycles. The van der Waals surface area contributed by atoms with E-state index in [1.54, 1.807) is 0 Å². The van der Waals surface area contributed by atoms with E-state index >= 15 is 0 Å². The zero-order valence-corrected chi connectivity index (χ0v) is 23.1. The molecule has 5 N–H and O–H groups in total. The van der Waals surface area contributed by atoms with Crippen LogP contribution in [-0.2, 0) is 19.6 Å². The molecule has 0 spiro atoms. The first-order valence-electron chi connectivity index (χ1n) is 9.99. The molecule has 1 unspecified atom stereocenters.